The molecule has 0 atom stereocenters. The third-order valence-electron chi connectivity index (χ3n) is 4.84. The van der Waals surface area contributed by atoms with Crippen molar-refractivity contribution in [3.05, 3.63) is 42.1 Å². The van der Waals surface area contributed by atoms with Crippen molar-refractivity contribution in [2.45, 2.75) is 6.92 Å². The second-order valence-electron chi connectivity index (χ2n) is 6.69. The smallest absolute Gasteiger partial charge is 0.111 e. The van der Waals surface area contributed by atoms with Crippen LogP contribution in [0.15, 0.2) is 36.5 Å². The molecule has 1 aromatic carbocycles. The lowest BCUT2D eigenvalue weighted by atomic mass is 10.1. The Morgan fingerprint density at radius 3 is 2.42 bits per heavy atom. The Morgan fingerprint density at radius 1 is 0.917 bits per heavy atom. The minimum Gasteiger partial charge on any atom is -0.369 e. The Morgan fingerprint density at radius 2 is 1.71 bits per heavy atom. The zero-order valence-corrected chi connectivity index (χ0v) is 14.5. The summed E-state index contributed by atoms with van der Waals surface area (Å²) in [4.78, 5) is 9.66. The Hall–Kier alpha value is -2.40. The van der Waals surface area contributed by atoms with Gasteiger partial charge in [0.1, 0.15) is 5.69 Å². The zero-order chi connectivity index (χ0) is 16.7. The molecular formula is C19H23N5. The minimum absolute atomic E-state index is 0.922. The predicted octanol–water partition coefficient (Wildman–Crippen LogP) is 2.70. The maximum Gasteiger partial charge on any atom is 0.111 e. The molecule has 0 unspecified atom stereocenters. The van der Waals surface area contributed by atoms with Crippen molar-refractivity contribution in [1.82, 2.24) is 19.7 Å². The molecule has 0 N–H and O–H groups in total. The molecule has 0 bridgehead atoms. The van der Waals surface area contributed by atoms with Gasteiger partial charge in [-0.1, -0.05) is 0 Å². The fourth-order valence-corrected chi connectivity index (χ4v) is 3.33. The second-order valence-corrected chi connectivity index (χ2v) is 6.69. The fourth-order valence-electron chi connectivity index (χ4n) is 3.33. The molecule has 0 saturated carbocycles. The van der Waals surface area contributed by atoms with Crippen LogP contribution >= 0.6 is 0 Å². The SMILES string of the molecule is Cc1cc(-c2ccn(C)n2)nc2ccc(N3CCN(C)CC3)cc12. The highest BCUT2D eigenvalue weighted by molar-refractivity contribution is 5.87. The fraction of sp³-hybridized carbons (Fsp3) is 0.368. The number of fused-ring (bicyclic) bond motifs is 1. The summed E-state index contributed by atoms with van der Waals surface area (Å²) in [5.41, 5.74) is 5.44. The number of piperazine rings is 1. The number of anilines is 1. The molecule has 0 amide bonds. The standard InChI is InChI=1S/C19H23N5/c1-14-12-19(18-6-7-23(3)21-18)20-17-5-4-15(13-16(14)17)24-10-8-22(2)9-11-24/h4-7,12-13H,8-11H2,1-3H3. The molecule has 1 saturated heterocycles. The topological polar surface area (TPSA) is 37.2 Å². The van der Waals surface area contributed by atoms with Crippen LogP contribution < -0.4 is 4.90 Å². The number of rotatable bonds is 2. The second kappa shape index (κ2) is 5.91. The monoisotopic (exact) mass is 321 g/mol. The molecule has 1 fully saturated rings. The summed E-state index contributed by atoms with van der Waals surface area (Å²) < 4.78 is 1.81. The maximum atomic E-state index is 4.82. The van der Waals surface area contributed by atoms with Crippen LogP contribution in [0.25, 0.3) is 22.3 Å². The van der Waals surface area contributed by atoms with Crippen LogP contribution in [0.5, 0.6) is 0 Å². The lowest BCUT2D eigenvalue weighted by Gasteiger charge is -2.34. The first-order chi connectivity index (χ1) is 11.6. The van der Waals surface area contributed by atoms with E-state index in [1.54, 1.807) is 0 Å². The minimum atomic E-state index is 0.922. The van der Waals surface area contributed by atoms with Crippen LogP contribution in [-0.4, -0.2) is 52.9 Å². The van der Waals surface area contributed by atoms with Crippen molar-refractivity contribution in [3.8, 4) is 11.4 Å². The van der Waals surface area contributed by atoms with E-state index in [0.29, 0.717) is 0 Å². The number of benzene rings is 1. The molecule has 5 heteroatoms. The van der Waals surface area contributed by atoms with E-state index in [4.69, 9.17) is 4.98 Å². The van der Waals surface area contributed by atoms with E-state index in [2.05, 4.69) is 53.1 Å². The molecule has 1 aliphatic heterocycles. The van der Waals surface area contributed by atoms with Crippen molar-refractivity contribution >= 4 is 16.6 Å². The molecule has 124 valence electrons. The quantitative estimate of drug-likeness (QED) is 0.727. The van der Waals surface area contributed by atoms with Gasteiger partial charge in [0, 0.05) is 50.5 Å². The number of likely N-dealkylation sites (N-methyl/N-ethyl adjacent to an activating group) is 1. The Kier molecular flexibility index (Phi) is 3.73. The van der Waals surface area contributed by atoms with Crippen LogP contribution in [0, 0.1) is 6.92 Å². The number of aryl methyl sites for hydroxylation is 2. The molecular weight excluding hydrogens is 298 g/mol. The van der Waals surface area contributed by atoms with E-state index in [9.17, 15) is 0 Å². The van der Waals surface area contributed by atoms with Crippen molar-refractivity contribution in [2.75, 3.05) is 38.1 Å². The molecule has 1 aliphatic rings. The van der Waals surface area contributed by atoms with Gasteiger partial charge in [-0.3, -0.25) is 4.68 Å². The lowest BCUT2D eigenvalue weighted by Crippen LogP contribution is -2.44. The number of hydrogen-bond acceptors (Lipinski definition) is 4. The van der Waals surface area contributed by atoms with Crippen molar-refractivity contribution < 1.29 is 0 Å². The van der Waals surface area contributed by atoms with E-state index in [0.717, 1.165) is 43.1 Å². The van der Waals surface area contributed by atoms with Crippen LogP contribution in [0.2, 0.25) is 0 Å². The van der Waals surface area contributed by atoms with Crippen molar-refractivity contribution in [1.29, 1.82) is 0 Å². The summed E-state index contributed by atoms with van der Waals surface area (Å²) in [5.74, 6) is 0. The van der Waals surface area contributed by atoms with E-state index < -0.39 is 0 Å². The van der Waals surface area contributed by atoms with Gasteiger partial charge in [-0.2, -0.15) is 5.10 Å². The Balaban J connectivity index is 1.71. The summed E-state index contributed by atoms with van der Waals surface area (Å²) in [6.45, 7) is 6.56. The van der Waals surface area contributed by atoms with Gasteiger partial charge >= 0.3 is 0 Å². The number of aromatic nitrogens is 3. The first kappa shape index (κ1) is 15.1. The number of hydrogen-bond donors (Lipinski definition) is 0. The van der Waals surface area contributed by atoms with Gasteiger partial charge in [0.15, 0.2) is 0 Å². The molecule has 0 aliphatic carbocycles. The maximum absolute atomic E-state index is 4.82. The molecule has 4 rings (SSSR count). The summed E-state index contributed by atoms with van der Waals surface area (Å²) in [6.07, 6.45) is 1.95. The average Bonchev–Trinajstić information content (AvgIpc) is 3.02. The largest absolute Gasteiger partial charge is 0.369 e. The average molecular weight is 321 g/mol. The highest BCUT2D eigenvalue weighted by Crippen LogP contribution is 2.27. The summed E-state index contributed by atoms with van der Waals surface area (Å²) in [7, 11) is 4.12. The van der Waals surface area contributed by atoms with Crippen LogP contribution in [0.1, 0.15) is 5.56 Å². The summed E-state index contributed by atoms with van der Waals surface area (Å²) >= 11 is 0. The lowest BCUT2D eigenvalue weighted by molar-refractivity contribution is 0.313. The Labute approximate surface area is 142 Å². The number of pyridine rings is 1. The van der Waals surface area contributed by atoms with E-state index in [1.165, 1.54) is 16.6 Å². The van der Waals surface area contributed by atoms with Gasteiger partial charge in [-0.25, -0.2) is 4.98 Å². The first-order valence-corrected chi connectivity index (χ1v) is 8.45. The van der Waals surface area contributed by atoms with Crippen molar-refractivity contribution in [3.63, 3.8) is 0 Å². The van der Waals surface area contributed by atoms with Gasteiger partial charge in [-0.05, 0) is 49.9 Å². The van der Waals surface area contributed by atoms with Crippen LogP contribution in [0.4, 0.5) is 5.69 Å². The van der Waals surface area contributed by atoms with E-state index in [-0.39, 0.29) is 0 Å². The third kappa shape index (κ3) is 2.76. The Bertz CT molecular complexity index is 875. The predicted molar refractivity (Wildman–Crippen MR) is 98.4 cm³/mol. The third-order valence-corrected chi connectivity index (χ3v) is 4.84. The van der Waals surface area contributed by atoms with Gasteiger partial charge in [0.05, 0.1) is 11.2 Å². The highest BCUT2D eigenvalue weighted by atomic mass is 15.3. The van der Waals surface area contributed by atoms with Crippen molar-refractivity contribution in [2.24, 2.45) is 7.05 Å². The van der Waals surface area contributed by atoms with Gasteiger partial charge in [0.25, 0.3) is 0 Å². The van der Waals surface area contributed by atoms with Gasteiger partial charge in [0.2, 0.25) is 0 Å². The highest BCUT2D eigenvalue weighted by Gasteiger charge is 2.15. The number of nitrogens with zero attached hydrogens (tertiary/aromatic N) is 5. The molecule has 3 heterocycles. The zero-order valence-electron chi connectivity index (χ0n) is 14.5. The van der Waals surface area contributed by atoms with Gasteiger partial charge < -0.3 is 9.80 Å². The molecule has 0 radical (unpaired) electrons. The molecule has 24 heavy (non-hydrogen) atoms. The molecule has 3 aromatic rings. The summed E-state index contributed by atoms with van der Waals surface area (Å²) in [5, 5.41) is 5.70. The molecule has 5 nitrogen and oxygen atoms in total. The molecule has 2 aromatic heterocycles. The van der Waals surface area contributed by atoms with E-state index >= 15 is 0 Å². The van der Waals surface area contributed by atoms with Crippen LogP contribution in [0.3, 0.4) is 0 Å². The molecule has 0 spiro atoms. The van der Waals surface area contributed by atoms with Crippen LogP contribution in [-0.2, 0) is 7.05 Å². The summed E-state index contributed by atoms with van der Waals surface area (Å²) in [6, 6.07) is 10.8. The van der Waals surface area contributed by atoms with Gasteiger partial charge in [-0.15, -0.1) is 0 Å². The van der Waals surface area contributed by atoms with E-state index in [1.807, 2.05) is 24.0 Å². The normalized spacial score (nSPS) is 16.0. The first-order valence-electron chi connectivity index (χ1n) is 8.45.